The molecule has 5 rings (SSSR count). The van der Waals surface area contributed by atoms with Crippen molar-refractivity contribution in [1.82, 2.24) is 15.3 Å². The van der Waals surface area contributed by atoms with Gasteiger partial charge in [-0.1, -0.05) is 45.5 Å². The van der Waals surface area contributed by atoms with Gasteiger partial charge < -0.3 is 30.3 Å². The highest BCUT2D eigenvalue weighted by molar-refractivity contribution is 5.88. The lowest BCUT2D eigenvalue weighted by Gasteiger charge is -2.62. The predicted molar refractivity (Wildman–Crippen MR) is 173 cm³/mol. The number of carbonyl (C=O) groups excluding carboxylic acids is 1. The fourth-order valence-electron chi connectivity index (χ4n) is 7.59. The number of hydroxylamine groups is 2. The van der Waals surface area contributed by atoms with E-state index in [0.29, 0.717) is 52.5 Å². The summed E-state index contributed by atoms with van der Waals surface area (Å²) in [6.07, 6.45) is 4.78. The molecule has 1 aromatic rings. The summed E-state index contributed by atoms with van der Waals surface area (Å²) >= 11 is 0. The zero-order valence-corrected chi connectivity index (χ0v) is 27.7. The first-order chi connectivity index (χ1) is 21.2. The molecule has 3 aliphatic carbocycles. The summed E-state index contributed by atoms with van der Waals surface area (Å²) in [5.74, 6) is -0.0179. The molecular formula is C35H51N3O7. The van der Waals surface area contributed by atoms with Gasteiger partial charge in [-0.05, 0) is 67.6 Å². The van der Waals surface area contributed by atoms with Crippen molar-refractivity contribution in [2.75, 3.05) is 27.3 Å². The first-order valence-corrected chi connectivity index (χ1v) is 16.0. The third-order valence-corrected chi connectivity index (χ3v) is 10.4. The first-order valence-electron chi connectivity index (χ1n) is 16.0. The van der Waals surface area contributed by atoms with Crippen LogP contribution >= 0.6 is 0 Å². The summed E-state index contributed by atoms with van der Waals surface area (Å²) < 4.78 is 6.16. The number of likely N-dealkylation sites (N-methyl/N-ethyl adjacent to an activating group) is 1. The van der Waals surface area contributed by atoms with Gasteiger partial charge in [0.15, 0.2) is 0 Å². The minimum absolute atomic E-state index is 0.0276. The molecule has 0 spiro atoms. The number of para-hydroxylation sites is 1. The summed E-state index contributed by atoms with van der Waals surface area (Å²) in [5, 5.41) is 35.3. The Labute approximate surface area is 267 Å². The van der Waals surface area contributed by atoms with Crippen LogP contribution in [0.15, 0.2) is 48.7 Å². The molecule has 4 N–H and O–H groups in total. The van der Waals surface area contributed by atoms with Crippen molar-refractivity contribution in [2.45, 2.75) is 78.3 Å². The maximum absolute atomic E-state index is 14.1. The van der Waals surface area contributed by atoms with Crippen LogP contribution in [0.3, 0.4) is 0 Å². The Morgan fingerprint density at radius 3 is 2.53 bits per heavy atom. The molecule has 1 aromatic carbocycles. The topological polar surface area (TPSA) is 132 Å². The van der Waals surface area contributed by atoms with Crippen molar-refractivity contribution < 1.29 is 34.5 Å². The number of benzene rings is 1. The molecule has 3 saturated carbocycles. The van der Waals surface area contributed by atoms with E-state index in [4.69, 9.17) is 9.57 Å². The molecule has 4 aliphatic rings. The summed E-state index contributed by atoms with van der Waals surface area (Å²) in [7, 11) is 3.70. The largest absolute Gasteiger partial charge is 0.493 e. The van der Waals surface area contributed by atoms with Crippen molar-refractivity contribution in [3.63, 3.8) is 0 Å². The molecule has 0 unspecified atom stereocenters. The van der Waals surface area contributed by atoms with Crippen LogP contribution in [0.4, 0.5) is 0 Å². The molecule has 2 bridgehead atoms. The van der Waals surface area contributed by atoms with Crippen molar-refractivity contribution in [3.8, 4) is 5.75 Å². The standard InChI is InChI=1S/C35H51N3O7/c1-9-44-33-24(11-10-12-26(33)23(13-14-30(41)42)15-20(2)37(7)8)18-38-32(31(22(4)40)29(19-39)45-38)34(43)36-28-17-25-16-27(21(28)3)35(25,5)6/h10-15,21-22,25,27-29,31-32,39-40H,2,9,16-19H2,1,3-8H3,(H,36,43)(H,41,42)/b14-13+,23-15+/t21-,22-,25-,27+,28-,29-,31+,32-/m0/s1. The number of rotatable bonds is 13. The van der Waals surface area contributed by atoms with Gasteiger partial charge in [0.1, 0.15) is 17.9 Å². The second-order valence-corrected chi connectivity index (χ2v) is 13.6. The van der Waals surface area contributed by atoms with Gasteiger partial charge in [0.25, 0.3) is 0 Å². The fourth-order valence-corrected chi connectivity index (χ4v) is 7.59. The first kappa shape index (κ1) is 34.7. The van der Waals surface area contributed by atoms with Crippen LogP contribution in [0.2, 0.25) is 0 Å². The molecule has 0 aromatic heterocycles. The molecule has 248 valence electrons. The van der Waals surface area contributed by atoms with Gasteiger partial charge in [-0.3, -0.25) is 9.63 Å². The van der Waals surface area contributed by atoms with Gasteiger partial charge in [-0.15, -0.1) is 0 Å². The predicted octanol–water partition coefficient (Wildman–Crippen LogP) is 3.85. The number of aliphatic carboxylic acids is 1. The molecule has 0 radical (unpaired) electrons. The zero-order valence-electron chi connectivity index (χ0n) is 27.7. The van der Waals surface area contributed by atoms with Gasteiger partial charge in [0, 0.05) is 49.0 Å². The number of aliphatic hydroxyl groups excluding tert-OH is 2. The number of hydrogen-bond donors (Lipinski definition) is 4. The van der Waals surface area contributed by atoms with E-state index in [1.807, 2.05) is 44.1 Å². The summed E-state index contributed by atoms with van der Waals surface area (Å²) in [6.45, 7) is 14.5. The van der Waals surface area contributed by atoms with Crippen molar-refractivity contribution >= 4 is 17.4 Å². The normalized spacial score (nSPS) is 30.1. The Hall–Kier alpha value is -3.18. The molecule has 10 nitrogen and oxygen atoms in total. The van der Waals surface area contributed by atoms with E-state index in [-0.39, 0.29) is 30.5 Å². The molecular weight excluding hydrogens is 574 g/mol. The number of carbonyl (C=O) groups is 2. The van der Waals surface area contributed by atoms with E-state index in [2.05, 4.69) is 32.7 Å². The van der Waals surface area contributed by atoms with Gasteiger partial charge in [-0.25, -0.2) is 4.79 Å². The number of nitrogens with one attached hydrogen (secondary N) is 1. The molecule has 8 atom stereocenters. The van der Waals surface area contributed by atoms with Gasteiger partial charge >= 0.3 is 5.97 Å². The van der Waals surface area contributed by atoms with Crippen LogP contribution in [-0.2, 0) is 21.0 Å². The fraction of sp³-hybridized carbons (Fsp3) is 0.600. The third-order valence-electron chi connectivity index (χ3n) is 10.4. The van der Waals surface area contributed by atoms with E-state index < -0.39 is 30.1 Å². The molecule has 1 amide bonds. The Morgan fingerprint density at radius 1 is 1.27 bits per heavy atom. The average molecular weight is 626 g/mol. The van der Waals surface area contributed by atoms with Crippen molar-refractivity contribution in [1.29, 1.82) is 0 Å². The molecule has 1 saturated heterocycles. The number of hydrogen-bond acceptors (Lipinski definition) is 8. The average Bonchev–Trinajstić information content (AvgIpc) is 3.35. The van der Waals surface area contributed by atoms with Crippen LogP contribution in [0.25, 0.3) is 5.57 Å². The maximum Gasteiger partial charge on any atom is 0.328 e. The Kier molecular flexibility index (Phi) is 10.8. The summed E-state index contributed by atoms with van der Waals surface area (Å²) in [6, 6.07) is 4.73. The Bertz CT molecular complexity index is 1320. The Morgan fingerprint density at radius 2 is 1.98 bits per heavy atom. The maximum atomic E-state index is 14.1. The van der Waals surface area contributed by atoms with Crippen LogP contribution in [-0.4, -0.2) is 88.8 Å². The van der Waals surface area contributed by atoms with Crippen LogP contribution in [0, 0.1) is 29.1 Å². The number of amides is 1. The lowest BCUT2D eigenvalue weighted by Crippen LogP contribution is -2.62. The minimum Gasteiger partial charge on any atom is -0.493 e. The van der Waals surface area contributed by atoms with E-state index >= 15 is 0 Å². The number of allylic oxidation sites excluding steroid dienone is 3. The van der Waals surface area contributed by atoms with E-state index in [9.17, 15) is 24.9 Å². The number of ether oxygens (including phenoxy) is 1. The summed E-state index contributed by atoms with van der Waals surface area (Å²) in [4.78, 5) is 33.5. The number of nitrogens with zero attached hydrogens (tertiary/aromatic N) is 2. The van der Waals surface area contributed by atoms with E-state index in [1.54, 1.807) is 18.1 Å². The second kappa shape index (κ2) is 14.1. The van der Waals surface area contributed by atoms with Gasteiger partial charge in [0.2, 0.25) is 5.91 Å². The smallest absolute Gasteiger partial charge is 0.328 e. The van der Waals surface area contributed by atoms with Crippen LogP contribution in [0.5, 0.6) is 5.75 Å². The van der Waals surface area contributed by atoms with Crippen molar-refractivity contribution in [2.24, 2.45) is 29.1 Å². The van der Waals surface area contributed by atoms with Crippen molar-refractivity contribution in [3.05, 3.63) is 59.8 Å². The number of carboxylic acids is 1. The van der Waals surface area contributed by atoms with Crippen LogP contribution < -0.4 is 10.1 Å². The van der Waals surface area contributed by atoms with E-state index in [0.717, 1.165) is 12.5 Å². The highest BCUT2D eigenvalue weighted by Gasteiger charge is 2.57. The SMILES string of the molecule is C=C(/C=C(\C=C\C(=O)O)c1cccc(CN2O[C@@H](CO)[C@@H]([C@H](C)O)[C@H]2C(=O)N[C@H]2C[C@@H]3C[C@H]([C@@H]2C)C3(C)C)c1OCC)N(C)C. The molecule has 1 aliphatic heterocycles. The molecule has 1 heterocycles. The van der Waals surface area contributed by atoms with Crippen LogP contribution in [0.1, 0.15) is 58.6 Å². The molecule has 45 heavy (non-hydrogen) atoms. The third kappa shape index (κ3) is 7.14. The minimum atomic E-state index is -1.09. The second-order valence-electron chi connectivity index (χ2n) is 13.6. The van der Waals surface area contributed by atoms with E-state index in [1.165, 1.54) is 12.5 Å². The monoisotopic (exact) mass is 625 g/mol. The van der Waals surface area contributed by atoms with Gasteiger partial charge in [-0.2, -0.15) is 5.06 Å². The summed E-state index contributed by atoms with van der Waals surface area (Å²) in [5.41, 5.74) is 2.88. The highest BCUT2D eigenvalue weighted by atomic mass is 16.7. The zero-order chi connectivity index (χ0) is 33.2. The molecule has 4 fully saturated rings. The Balaban J connectivity index is 1.69. The highest BCUT2D eigenvalue weighted by Crippen LogP contribution is 2.61. The van der Waals surface area contributed by atoms with Gasteiger partial charge in [0.05, 0.1) is 25.9 Å². The lowest BCUT2D eigenvalue weighted by molar-refractivity contribution is -0.183. The number of carboxylic acid groups (broad SMARTS) is 1. The quantitative estimate of drug-likeness (QED) is 0.191. The number of aliphatic hydroxyl groups is 2. The lowest BCUT2D eigenvalue weighted by atomic mass is 9.45. The number of fused-ring (bicyclic) bond motifs is 2. The molecule has 10 heteroatoms.